The van der Waals surface area contributed by atoms with Gasteiger partial charge in [0.25, 0.3) is 11.6 Å². The summed E-state index contributed by atoms with van der Waals surface area (Å²) in [5.41, 5.74) is -0.756. The van der Waals surface area contributed by atoms with Gasteiger partial charge in [-0.2, -0.15) is 13.2 Å². The molecule has 0 unspecified atom stereocenters. The minimum atomic E-state index is -4.61. The third kappa shape index (κ3) is 4.52. The maximum absolute atomic E-state index is 13.5. The highest BCUT2D eigenvalue weighted by molar-refractivity contribution is 6.07. The number of halogens is 3. The summed E-state index contributed by atoms with van der Waals surface area (Å²) < 4.78 is 45.7. The zero-order chi connectivity index (χ0) is 22.8. The van der Waals surface area contributed by atoms with E-state index in [0.717, 1.165) is 6.07 Å². The van der Waals surface area contributed by atoms with E-state index < -0.39 is 17.6 Å². The second-order valence-corrected chi connectivity index (χ2v) is 6.82. The topological polar surface area (TPSA) is 88.3 Å². The van der Waals surface area contributed by atoms with Crippen molar-refractivity contribution < 1.29 is 27.3 Å². The highest BCUT2D eigenvalue weighted by Gasteiger charge is 2.34. The van der Waals surface area contributed by atoms with E-state index in [9.17, 15) is 22.8 Å². The Morgan fingerprint density at radius 1 is 1.19 bits per heavy atom. The standard InChI is InChI=1S/C21H21F3N4O3/c1-4-25-17(29)11-28(5-2)20(30)14-10-16(26-19-18(14)12(3)27-31-19)13-8-6-7-9-15(13)21(22,23)24/h6-10H,4-5,11H2,1-3H3,(H,25,29). The molecule has 0 aliphatic rings. The van der Waals surface area contributed by atoms with Crippen LogP contribution in [0.5, 0.6) is 0 Å². The number of aryl methyl sites for hydroxylation is 1. The number of nitrogens with one attached hydrogen (secondary N) is 1. The molecule has 0 aliphatic carbocycles. The fraction of sp³-hybridized carbons (Fsp3) is 0.333. The van der Waals surface area contributed by atoms with Crippen LogP contribution in [0.25, 0.3) is 22.4 Å². The lowest BCUT2D eigenvalue weighted by Crippen LogP contribution is -2.40. The lowest BCUT2D eigenvalue weighted by molar-refractivity contribution is -0.137. The van der Waals surface area contributed by atoms with Crippen molar-refractivity contribution in [1.82, 2.24) is 20.4 Å². The molecule has 3 aromatic rings. The van der Waals surface area contributed by atoms with Gasteiger partial charge in [-0.3, -0.25) is 9.59 Å². The first-order chi connectivity index (χ1) is 14.7. The van der Waals surface area contributed by atoms with Gasteiger partial charge < -0.3 is 14.7 Å². The lowest BCUT2D eigenvalue weighted by atomic mass is 10.0. The van der Waals surface area contributed by atoms with E-state index in [2.05, 4.69) is 15.5 Å². The van der Waals surface area contributed by atoms with Crippen molar-refractivity contribution in [3.05, 3.63) is 47.2 Å². The van der Waals surface area contributed by atoms with Gasteiger partial charge in [-0.05, 0) is 32.9 Å². The first-order valence-electron chi connectivity index (χ1n) is 9.66. The van der Waals surface area contributed by atoms with Gasteiger partial charge in [0.2, 0.25) is 5.91 Å². The van der Waals surface area contributed by atoms with Crippen LogP contribution < -0.4 is 5.32 Å². The molecule has 0 saturated carbocycles. The van der Waals surface area contributed by atoms with Gasteiger partial charge in [-0.25, -0.2) is 4.98 Å². The Kier molecular flexibility index (Phi) is 6.28. The third-order valence-corrected chi connectivity index (χ3v) is 4.73. The molecule has 2 heterocycles. The number of fused-ring (bicyclic) bond motifs is 1. The molecule has 164 valence electrons. The quantitative estimate of drug-likeness (QED) is 0.637. The minimum absolute atomic E-state index is 0.0515. The number of amides is 2. The van der Waals surface area contributed by atoms with Crippen molar-refractivity contribution >= 4 is 22.9 Å². The lowest BCUT2D eigenvalue weighted by Gasteiger charge is -2.21. The van der Waals surface area contributed by atoms with E-state index in [1.165, 1.54) is 29.2 Å². The Hall–Kier alpha value is -3.43. The number of likely N-dealkylation sites (N-methyl/N-ethyl adjacent to an activating group) is 2. The normalized spacial score (nSPS) is 11.5. The molecule has 2 amide bonds. The monoisotopic (exact) mass is 434 g/mol. The Labute approximate surface area is 176 Å². The molecule has 0 aliphatic heterocycles. The van der Waals surface area contributed by atoms with Crippen LogP contribution in [0.4, 0.5) is 13.2 Å². The molecule has 1 N–H and O–H groups in total. The maximum Gasteiger partial charge on any atom is 0.417 e. The van der Waals surface area contributed by atoms with Crippen molar-refractivity contribution in [3.63, 3.8) is 0 Å². The first-order valence-corrected chi connectivity index (χ1v) is 9.66. The maximum atomic E-state index is 13.5. The number of benzene rings is 1. The molecule has 0 fully saturated rings. The van der Waals surface area contributed by atoms with Crippen LogP contribution in [0, 0.1) is 6.92 Å². The summed E-state index contributed by atoms with van der Waals surface area (Å²) in [6.45, 7) is 5.51. The third-order valence-electron chi connectivity index (χ3n) is 4.73. The highest BCUT2D eigenvalue weighted by Crippen LogP contribution is 2.37. The molecule has 1 aromatic carbocycles. The van der Waals surface area contributed by atoms with Gasteiger partial charge in [0.15, 0.2) is 0 Å². The van der Waals surface area contributed by atoms with Crippen LogP contribution in [0.3, 0.4) is 0 Å². The predicted octanol–water partition coefficient (Wildman–Crippen LogP) is 3.82. The number of alkyl halides is 3. The smallest absolute Gasteiger partial charge is 0.355 e. The van der Waals surface area contributed by atoms with E-state index in [0.29, 0.717) is 17.6 Å². The van der Waals surface area contributed by atoms with E-state index in [4.69, 9.17) is 4.52 Å². The molecular weight excluding hydrogens is 413 g/mol. The fourth-order valence-corrected chi connectivity index (χ4v) is 3.28. The van der Waals surface area contributed by atoms with Gasteiger partial charge in [0.05, 0.1) is 34.4 Å². The summed E-state index contributed by atoms with van der Waals surface area (Å²) in [5, 5.41) is 6.73. The van der Waals surface area contributed by atoms with E-state index >= 15 is 0 Å². The Morgan fingerprint density at radius 3 is 2.55 bits per heavy atom. The van der Waals surface area contributed by atoms with Crippen LogP contribution in [-0.2, 0) is 11.0 Å². The summed E-state index contributed by atoms with van der Waals surface area (Å²) in [7, 11) is 0. The van der Waals surface area contributed by atoms with Crippen LogP contribution in [0.1, 0.15) is 35.5 Å². The largest absolute Gasteiger partial charge is 0.417 e. The number of aromatic nitrogens is 2. The molecule has 0 bridgehead atoms. The average molecular weight is 434 g/mol. The van der Waals surface area contributed by atoms with Gasteiger partial charge in [-0.1, -0.05) is 23.4 Å². The Morgan fingerprint density at radius 2 is 1.90 bits per heavy atom. The molecule has 0 spiro atoms. The van der Waals surface area contributed by atoms with Gasteiger partial charge >= 0.3 is 6.18 Å². The van der Waals surface area contributed by atoms with Crippen molar-refractivity contribution in [2.24, 2.45) is 0 Å². The van der Waals surface area contributed by atoms with E-state index in [1.807, 2.05) is 0 Å². The SMILES string of the molecule is CCNC(=O)CN(CC)C(=O)c1cc(-c2ccccc2C(F)(F)F)nc2onc(C)c12. The summed E-state index contributed by atoms with van der Waals surface area (Å²) in [4.78, 5) is 30.7. The highest BCUT2D eigenvalue weighted by atomic mass is 19.4. The zero-order valence-corrected chi connectivity index (χ0v) is 17.2. The summed E-state index contributed by atoms with van der Waals surface area (Å²) in [5.74, 6) is -0.870. The number of hydrogen-bond acceptors (Lipinski definition) is 5. The molecule has 31 heavy (non-hydrogen) atoms. The number of hydrogen-bond donors (Lipinski definition) is 1. The van der Waals surface area contributed by atoms with Crippen LogP contribution in [-0.4, -0.2) is 46.5 Å². The van der Waals surface area contributed by atoms with Crippen LogP contribution in [0.2, 0.25) is 0 Å². The first kappa shape index (κ1) is 22.3. The number of rotatable bonds is 6. The zero-order valence-electron chi connectivity index (χ0n) is 17.2. The Balaban J connectivity index is 2.16. The Bertz CT molecular complexity index is 1120. The van der Waals surface area contributed by atoms with Gasteiger partial charge in [0, 0.05) is 18.7 Å². The van der Waals surface area contributed by atoms with Crippen molar-refractivity contribution in [2.75, 3.05) is 19.6 Å². The molecule has 0 atom stereocenters. The van der Waals surface area contributed by atoms with Gasteiger partial charge in [0.1, 0.15) is 0 Å². The minimum Gasteiger partial charge on any atom is -0.355 e. The number of pyridine rings is 1. The van der Waals surface area contributed by atoms with E-state index in [-0.39, 0.29) is 41.5 Å². The summed E-state index contributed by atoms with van der Waals surface area (Å²) in [6, 6.07) is 6.25. The fourth-order valence-electron chi connectivity index (χ4n) is 3.28. The number of carbonyl (C=O) groups is 2. The molecule has 3 rings (SSSR count). The summed E-state index contributed by atoms with van der Waals surface area (Å²) >= 11 is 0. The van der Waals surface area contributed by atoms with E-state index in [1.54, 1.807) is 20.8 Å². The summed E-state index contributed by atoms with van der Waals surface area (Å²) in [6.07, 6.45) is -4.61. The molecule has 10 heteroatoms. The van der Waals surface area contributed by atoms with Crippen LogP contribution in [0.15, 0.2) is 34.9 Å². The van der Waals surface area contributed by atoms with Crippen molar-refractivity contribution in [1.29, 1.82) is 0 Å². The second-order valence-electron chi connectivity index (χ2n) is 6.82. The number of nitrogens with zero attached hydrogens (tertiary/aromatic N) is 3. The number of carbonyl (C=O) groups excluding carboxylic acids is 2. The second kappa shape index (κ2) is 8.75. The molecule has 0 radical (unpaired) electrons. The van der Waals surface area contributed by atoms with Crippen molar-refractivity contribution in [3.8, 4) is 11.3 Å². The predicted molar refractivity (Wildman–Crippen MR) is 107 cm³/mol. The van der Waals surface area contributed by atoms with Gasteiger partial charge in [-0.15, -0.1) is 0 Å². The molecule has 2 aromatic heterocycles. The average Bonchev–Trinajstić information content (AvgIpc) is 3.11. The van der Waals surface area contributed by atoms with Crippen LogP contribution >= 0.6 is 0 Å². The van der Waals surface area contributed by atoms with Crippen molar-refractivity contribution in [2.45, 2.75) is 26.9 Å². The molecule has 7 nitrogen and oxygen atoms in total. The molecular formula is C21H21F3N4O3. The molecule has 0 saturated heterocycles.